The maximum Gasteiger partial charge on any atom is 0.309 e. The SMILES string of the molecule is COC(=O)C(C)[C]1[CH][CH][CH][C]1P(c1ccccc1)c1ccccc1. The highest BCUT2D eigenvalue weighted by atomic mass is 31.1. The summed E-state index contributed by atoms with van der Waals surface area (Å²) in [4.78, 5) is 12.0. The van der Waals surface area contributed by atoms with Crippen LogP contribution in [-0.4, -0.2) is 13.1 Å². The summed E-state index contributed by atoms with van der Waals surface area (Å²) in [5.41, 5.74) is 1.22. The molecule has 2 aromatic carbocycles. The Bertz CT molecular complexity index is 617. The molecular formula is C21H20O2P. The molecule has 0 amide bonds. The molecule has 2 nitrogen and oxygen atoms in total. The number of carbonyl (C=O) groups is 1. The minimum absolute atomic E-state index is 0.196. The van der Waals surface area contributed by atoms with Crippen molar-refractivity contribution in [2.75, 3.05) is 7.11 Å². The van der Waals surface area contributed by atoms with Crippen molar-refractivity contribution >= 4 is 24.5 Å². The van der Waals surface area contributed by atoms with Gasteiger partial charge >= 0.3 is 5.97 Å². The van der Waals surface area contributed by atoms with Gasteiger partial charge in [-0.3, -0.25) is 4.79 Å². The number of methoxy groups -OCH3 is 1. The normalized spacial score (nSPS) is 17.1. The van der Waals surface area contributed by atoms with Gasteiger partial charge in [-0.05, 0) is 37.8 Å². The van der Waals surface area contributed by atoms with Crippen LogP contribution < -0.4 is 10.6 Å². The van der Waals surface area contributed by atoms with Crippen molar-refractivity contribution in [3.05, 3.63) is 91.5 Å². The second-order valence-corrected chi connectivity index (χ2v) is 7.80. The molecular weight excluding hydrogens is 315 g/mol. The molecule has 1 atom stereocenters. The van der Waals surface area contributed by atoms with Crippen molar-refractivity contribution in [3.8, 4) is 0 Å². The summed E-state index contributed by atoms with van der Waals surface area (Å²) >= 11 is 0. The molecule has 24 heavy (non-hydrogen) atoms. The first kappa shape index (κ1) is 17.2. The molecule has 0 spiro atoms. The van der Waals surface area contributed by atoms with Crippen LogP contribution in [-0.2, 0) is 9.53 Å². The van der Waals surface area contributed by atoms with Crippen LogP contribution in [0.25, 0.3) is 0 Å². The van der Waals surface area contributed by atoms with Crippen LogP contribution in [0.1, 0.15) is 6.92 Å². The fraction of sp³-hybridized carbons (Fsp3) is 0.143. The van der Waals surface area contributed by atoms with E-state index in [-0.39, 0.29) is 11.9 Å². The third-order valence-electron chi connectivity index (χ3n) is 4.12. The van der Waals surface area contributed by atoms with E-state index in [4.69, 9.17) is 4.74 Å². The molecule has 3 rings (SSSR count). The molecule has 0 bridgehead atoms. The topological polar surface area (TPSA) is 26.3 Å². The molecule has 0 saturated heterocycles. The Morgan fingerprint density at radius 3 is 1.96 bits per heavy atom. The van der Waals surface area contributed by atoms with Crippen molar-refractivity contribution in [2.24, 2.45) is 5.92 Å². The average Bonchev–Trinajstić information content (AvgIpc) is 3.11. The number of rotatable bonds is 5. The van der Waals surface area contributed by atoms with Gasteiger partial charge in [0.1, 0.15) is 0 Å². The molecule has 1 unspecified atom stereocenters. The van der Waals surface area contributed by atoms with Gasteiger partial charge in [0.2, 0.25) is 0 Å². The second kappa shape index (κ2) is 7.94. The number of benzene rings is 2. The summed E-state index contributed by atoms with van der Waals surface area (Å²) in [6.07, 6.45) is 6.21. The summed E-state index contributed by atoms with van der Waals surface area (Å²) in [6, 6.07) is 21.0. The number of hydrogen-bond donors (Lipinski definition) is 0. The lowest BCUT2D eigenvalue weighted by Crippen LogP contribution is -2.26. The van der Waals surface area contributed by atoms with Gasteiger partial charge < -0.3 is 4.74 Å². The molecule has 5 radical (unpaired) electrons. The Morgan fingerprint density at radius 2 is 1.46 bits per heavy atom. The van der Waals surface area contributed by atoms with Crippen molar-refractivity contribution in [1.29, 1.82) is 0 Å². The van der Waals surface area contributed by atoms with Crippen LogP contribution in [0.3, 0.4) is 0 Å². The monoisotopic (exact) mass is 335 g/mol. The third-order valence-corrected chi connectivity index (χ3v) is 6.63. The summed E-state index contributed by atoms with van der Waals surface area (Å²) in [6.45, 7) is 1.91. The maximum atomic E-state index is 12.0. The van der Waals surface area contributed by atoms with Gasteiger partial charge in [-0.25, -0.2) is 0 Å². The number of hydrogen-bond acceptors (Lipinski definition) is 2. The van der Waals surface area contributed by atoms with Gasteiger partial charge in [0.25, 0.3) is 0 Å². The van der Waals surface area contributed by atoms with E-state index in [9.17, 15) is 4.79 Å². The van der Waals surface area contributed by atoms with E-state index in [0.717, 1.165) is 5.92 Å². The molecule has 0 aromatic heterocycles. The Hall–Kier alpha value is -1.66. The molecule has 3 heteroatoms. The Labute approximate surface area is 146 Å². The first-order valence-electron chi connectivity index (χ1n) is 7.96. The van der Waals surface area contributed by atoms with Crippen molar-refractivity contribution in [2.45, 2.75) is 6.92 Å². The van der Waals surface area contributed by atoms with Crippen molar-refractivity contribution in [3.63, 3.8) is 0 Å². The zero-order chi connectivity index (χ0) is 16.9. The maximum absolute atomic E-state index is 12.0. The van der Waals surface area contributed by atoms with Crippen LogP contribution in [0.2, 0.25) is 0 Å². The second-order valence-electron chi connectivity index (χ2n) is 5.62. The largest absolute Gasteiger partial charge is 0.469 e. The molecule has 2 aromatic rings. The Morgan fingerprint density at radius 1 is 0.917 bits per heavy atom. The van der Waals surface area contributed by atoms with Gasteiger partial charge in [0.05, 0.1) is 13.0 Å². The van der Waals surface area contributed by atoms with E-state index in [2.05, 4.69) is 55.0 Å². The van der Waals surface area contributed by atoms with Crippen molar-refractivity contribution < 1.29 is 9.53 Å². The molecule has 0 heterocycles. The highest BCUT2D eigenvalue weighted by Crippen LogP contribution is 2.57. The van der Waals surface area contributed by atoms with Gasteiger partial charge in [0.15, 0.2) is 0 Å². The van der Waals surface area contributed by atoms with Crippen LogP contribution in [0.15, 0.2) is 60.7 Å². The molecule has 1 saturated carbocycles. The van der Waals surface area contributed by atoms with E-state index in [1.54, 1.807) is 0 Å². The van der Waals surface area contributed by atoms with Crippen molar-refractivity contribution in [1.82, 2.24) is 0 Å². The van der Waals surface area contributed by atoms with E-state index >= 15 is 0 Å². The fourth-order valence-electron chi connectivity index (χ4n) is 2.88. The summed E-state index contributed by atoms with van der Waals surface area (Å²) < 4.78 is 4.95. The Balaban J connectivity index is 1.97. The van der Waals surface area contributed by atoms with E-state index < -0.39 is 7.92 Å². The lowest BCUT2D eigenvalue weighted by atomic mass is 9.92. The molecule has 0 N–H and O–H groups in total. The number of esters is 1. The zero-order valence-electron chi connectivity index (χ0n) is 13.8. The smallest absolute Gasteiger partial charge is 0.309 e. The van der Waals surface area contributed by atoms with E-state index in [1.807, 2.05) is 31.9 Å². The summed E-state index contributed by atoms with van der Waals surface area (Å²) in [5.74, 6) is 0.594. The summed E-state index contributed by atoms with van der Waals surface area (Å²) in [5, 5.41) is 2.56. The van der Waals surface area contributed by atoms with Gasteiger partial charge in [-0.15, -0.1) is 0 Å². The van der Waals surface area contributed by atoms with Crippen LogP contribution >= 0.6 is 7.92 Å². The van der Waals surface area contributed by atoms with Gasteiger partial charge in [-0.2, -0.15) is 0 Å². The minimum Gasteiger partial charge on any atom is -0.469 e. The van der Waals surface area contributed by atoms with E-state index in [0.29, 0.717) is 0 Å². The highest BCUT2D eigenvalue weighted by Gasteiger charge is 2.42. The fourth-order valence-corrected chi connectivity index (χ4v) is 5.44. The molecule has 121 valence electrons. The lowest BCUT2D eigenvalue weighted by Gasteiger charge is -2.31. The first-order valence-corrected chi connectivity index (χ1v) is 9.30. The zero-order valence-corrected chi connectivity index (χ0v) is 14.7. The first-order chi connectivity index (χ1) is 11.7. The minimum atomic E-state index is -0.700. The number of carbonyl (C=O) groups excluding carboxylic acids is 1. The molecule has 0 aliphatic heterocycles. The Kier molecular flexibility index (Phi) is 5.68. The average molecular weight is 335 g/mol. The quantitative estimate of drug-likeness (QED) is 0.616. The highest BCUT2D eigenvalue weighted by molar-refractivity contribution is 7.76. The van der Waals surface area contributed by atoms with E-state index in [1.165, 1.54) is 23.4 Å². The van der Waals surface area contributed by atoms with Gasteiger partial charge in [0, 0.05) is 11.6 Å². The predicted molar refractivity (Wildman–Crippen MR) is 99.6 cm³/mol. The lowest BCUT2D eigenvalue weighted by molar-refractivity contribution is -0.144. The molecule has 1 fully saturated rings. The number of ether oxygens (including phenoxy) is 1. The standard InChI is InChI=1S/C21H20O2P/c1-16(21(22)23-2)19-14-9-15-20(19)24(17-10-5-3-6-11-17)18-12-7-4-8-13-18/h3-16H,1-2H3. The molecule has 1 aliphatic carbocycles. The molecule has 1 aliphatic rings. The predicted octanol–water partition coefficient (Wildman–Crippen LogP) is 3.66. The summed E-state index contributed by atoms with van der Waals surface area (Å²) in [7, 11) is 0.743. The third kappa shape index (κ3) is 3.54. The van der Waals surface area contributed by atoms with Crippen LogP contribution in [0, 0.1) is 36.8 Å². The van der Waals surface area contributed by atoms with Crippen LogP contribution in [0.5, 0.6) is 0 Å². The van der Waals surface area contributed by atoms with Crippen LogP contribution in [0.4, 0.5) is 0 Å². The van der Waals surface area contributed by atoms with Gasteiger partial charge in [-0.1, -0.05) is 67.6 Å².